The van der Waals surface area contributed by atoms with Crippen molar-refractivity contribution in [1.29, 1.82) is 0 Å². The van der Waals surface area contributed by atoms with Gasteiger partial charge in [0.15, 0.2) is 0 Å². The van der Waals surface area contributed by atoms with E-state index < -0.39 is 0 Å². The molecule has 5 heteroatoms. The second-order valence-corrected chi connectivity index (χ2v) is 6.22. The van der Waals surface area contributed by atoms with Gasteiger partial charge in [0, 0.05) is 36.4 Å². The molecule has 1 aromatic heterocycles. The van der Waals surface area contributed by atoms with Crippen molar-refractivity contribution in [2.75, 3.05) is 19.0 Å². The van der Waals surface area contributed by atoms with Gasteiger partial charge in [-0.1, -0.05) is 13.8 Å². The summed E-state index contributed by atoms with van der Waals surface area (Å²) in [5, 5.41) is 6.26. The van der Waals surface area contributed by atoms with Crippen LogP contribution < -0.4 is 10.6 Å². The summed E-state index contributed by atoms with van der Waals surface area (Å²) in [6.07, 6.45) is 1.07. The Morgan fingerprint density at radius 1 is 1.48 bits per heavy atom. The highest BCUT2D eigenvalue weighted by molar-refractivity contribution is 5.95. The average Bonchev–Trinajstić information content (AvgIpc) is 2.42. The van der Waals surface area contributed by atoms with Crippen LogP contribution in [-0.4, -0.2) is 36.7 Å². The molecule has 0 radical (unpaired) electrons. The lowest BCUT2D eigenvalue weighted by Gasteiger charge is -2.51. The quantitative estimate of drug-likeness (QED) is 0.874. The predicted molar refractivity (Wildman–Crippen MR) is 83.6 cm³/mol. The summed E-state index contributed by atoms with van der Waals surface area (Å²) in [6, 6.07) is 3.76. The number of nitrogens with one attached hydrogen (secondary N) is 2. The Morgan fingerprint density at radius 3 is 2.76 bits per heavy atom. The van der Waals surface area contributed by atoms with Gasteiger partial charge in [0.05, 0.1) is 6.10 Å². The van der Waals surface area contributed by atoms with Crippen molar-refractivity contribution in [2.45, 2.75) is 46.3 Å². The van der Waals surface area contributed by atoms with Crippen LogP contribution in [0.2, 0.25) is 0 Å². The van der Waals surface area contributed by atoms with Crippen molar-refractivity contribution < 1.29 is 9.53 Å². The lowest BCUT2D eigenvalue weighted by molar-refractivity contribution is -0.0942. The van der Waals surface area contributed by atoms with Crippen LogP contribution in [0.5, 0.6) is 0 Å². The maximum atomic E-state index is 12.4. The van der Waals surface area contributed by atoms with E-state index >= 15 is 0 Å². The van der Waals surface area contributed by atoms with Gasteiger partial charge < -0.3 is 15.4 Å². The number of carbonyl (C=O) groups excluding carboxylic acids is 1. The average molecular weight is 291 g/mol. The van der Waals surface area contributed by atoms with Crippen LogP contribution in [0.4, 0.5) is 5.82 Å². The molecule has 0 spiro atoms. The highest BCUT2D eigenvalue weighted by Gasteiger charge is 2.49. The molecule has 1 saturated carbocycles. The molecule has 116 valence electrons. The summed E-state index contributed by atoms with van der Waals surface area (Å²) in [5.41, 5.74) is 1.45. The zero-order chi connectivity index (χ0) is 15.6. The Morgan fingerprint density at radius 2 is 2.19 bits per heavy atom. The molecule has 2 atom stereocenters. The third kappa shape index (κ3) is 3.18. The van der Waals surface area contributed by atoms with Crippen LogP contribution in [-0.2, 0) is 4.74 Å². The number of carbonyl (C=O) groups is 1. The normalized spacial score (nSPS) is 23.3. The van der Waals surface area contributed by atoms with Crippen molar-refractivity contribution >= 4 is 11.7 Å². The summed E-state index contributed by atoms with van der Waals surface area (Å²) >= 11 is 0. The zero-order valence-corrected chi connectivity index (χ0v) is 13.5. The highest BCUT2D eigenvalue weighted by Crippen LogP contribution is 2.42. The fourth-order valence-corrected chi connectivity index (χ4v) is 2.84. The molecule has 1 aromatic rings. The number of pyridine rings is 1. The third-order valence-electron chi connectivity index (χ3n) is 4.34. The zero-order valence-electron chi connectivity index (χ0n) is 13.5. The summed E-state index contributed by atoms with van der Waals surface area (Å²) in [5.74, 6) is 0.692. The van der Waals surface area contributed by atoms with Gasteiger partial charge in [0.2, 0.25) is 0 Å². The van der Waals surface area contributed by atoms with Crippen LogP contribution in [0.25, 0.3) is 0 Å². The second kappa shape index (κ2) is 6.02. The molecule has 1 aliphatic carbocycles. The topological polar surface area (TPSA) is 63.2 Å². The standard InChI is InChI=1S/C16H25N3O2/c1-6-17-14-8-11(7-10(2)18-14)15(20)19-12-9-13(21-5)16(12,3)4/h7-8,12-13H,6,9H2,1-5H3,(H,17,18)(H,19,20). The van der Waals surface area contributed by atoms with Gasteiger partial charge in [-0.25, -0.2) is 4.98 Å². The van der Waals surface area contributed by atoms with Gasteiger partial charge in [-0.15, -0.1) is 0 Å². The number of rotatable bonds is 5. The molecule has 1 aliphatic rings. The van der Waals surface area contributed by atoms with Crippen molar-refractivity contribution in [3.05, 3.63) is 23.4 Å². The van der Waals surface area contributed by atoms with E-state index in [-0.39, 0.29) is 23.5 Å². The smallest absolute Gasteiger partial charge is 0.251 e. The monoisotopic (exact) mass is 291 g/mol. The second-order valence-electron chi connectivity index (χ2n) is 6.22. The maximum Gasteiger partial charge on any atom is 0.251 e. The van der Waals surface area contributed by atoms with Gasteiger partial charge in [-0.2, -0.15) is 0 Å². The number of hydrogen-bond acceptors (Lipinski definition) is 4. The van der Waals surface area contributed by atoms with E-state index in [0.717, 1.165) is 24.5 Å². The van der Waals surface area contributed by atoms with E-state index in [1.807, 2.05) is 19.9 Å². The molecule has 2 rings (SSSR count). The lowest BCUT2D eigenvalue weighted by atomic mass is 9.64. The van der Waals surface area contributed by atoms with E-state index in [1.165, 1.54) is 0 Å². The molecule has 5 nitrogen and oxygen atoms in total. The number of aromatic nitrogens is 1. The molecule has 0 aromatic carbocycles. The molecule has 1 heterocycles. The fraction of sp³-hybridized carbons (Fsp3) is 0.625. The molecule has 0 saturated heterocycles. The van der Waals surface area contributed by atoms with Crippen LogP contribution >= 0.6 is 0 Å². The number of anilines is 1. The molecule has 0 bridgehead atoms. The Hall–Kier alpha value is -1.62. The summed E-state index contributed by atoms with van der Waals surface area (Å²) < 4.78 is 5.42. The van der Waals surface area contributed by atoms with Crippen LogP contribution in [0.15, 0.2) is 12.1 Å². The first kappa shape index (κ1) is 15.8. The fourth-order valence-electron chi connectivity index (χ4n) is 2.84. The number of hydrogen-bond donors (Lipinski definition) is 2. The van der Waals surface area contributed by atoms with Crippen LogP contribution in [0.3, 0.4) is 0 Å². The molecule has 2 N–H and O–H groups in total. The SMILES string of the molecule is CCNc1cc(C(=O)NC2CC(OC)C2(C)C)cc(C)n1. The lowest BCUT2D eigenvalue weighted by Crippen LogP contribution is -2.61. The Labute approximate surface area is 126 Å². The molecule has 2 unspecified atom stereocenters. The Kier molecular flexibility index (Phi) is 4.52. The number of nitrogens with zero attached hydrogens (tertiary/aromatic N) is 1. The number of aryl methyl sites for hydroxylation is 1. The van der Waals surface area contributed by atoms with Crippen molar-refractivity contribution in [1.82, 2.24) is 10.3 Å². The largest absolute Gasteiger partial charge is 0.381 e. The van der Waals surface area contributed by atoms with Gasteiger partial charge >= 0.3 is 0 Å². The van der Waals surface area contributed by atoms with Crippen LogP contribution in [0, 0.1) is 12.3 Å². The minimum absolute atomic E-state index is 0.0308. The van der Waals surface area contributed by atoms with E-state index in [2.05, 4.69) is 29.5 Å². The van der Waals surface area contributed by atoms with Crippen molar-refractivity contribution in [2.24, 2.45) is 5.41 Å². The molecular formula is C16H25N3O2. The van der Waals surface area contributed by atoms with Crippen molar-refractivity contribution in [3.63, 3.8) is 0 Å². The summed E-state index contributed by atoms with van der Waals surface area (Å²) in [6.45, 7) is 8.93. The van der Waals surface area contributed by atoms with E-state index in [4.69, 9.17) is 4.74 Å². The molecular weight excluding hydrogens is 266 g/mol. The van der Waals surface area contributed by atoms with Gasteiger partial charge in [-0.05, 0) is 32.4 Å². The molecule has 1 amide bonds. The van der Waals surface area contributed by atoms with Gasteiger partial charge in [0.1, 0.15) is 5.82 Å². The summed E-state index contributed by atoms with van der Waals surface area (Å²) in [7, 11) is 1.72. The van der Waals surface area contributed by atoms with E-state index in [1.54, 1.807) is 13.2 Å². The first-order chi connectivity index (χ1) is 9.88. The Bertz CT molecular complexity index is 528. The predicted octanol–water partition coefficient (Wildman–Crippen LogP) is 2.37. The number of amides is 1. The molecule has 21 heavy (non-hydrogen) atoms. The van der Waals surface area contributed by atoms with Gasteiger partial charge in [-0.3, -0.25) is 4.79 Å². The van der Waals surface area contributed by atoms with Crippen LogP contribution in [0.1, 0.15) is 43.2 Å². The Balaban J connectivity index is 2.08. The minimum Gasteiger partial charge on any atom is -0.381 e. The van der Waals surface area contributed by atoms with Gasteiger partial charge in [0.25, 0.3) is 5.91 Å². The molecule has 1 fully saturated rings. The summed E-state index contributed by atoms with van der Waals surface area (Å²) in [4.78, 5) is 16.8. The first-order valence-corrected chi connectivity index (χ1v) is 7.44. The van der Waals surface area contributed by atoms with Crippen molar-refractivity contribution in [3.8, 4) is 0 Å². The first-order valence-electron chi connectivity index (χ1n) is 7.44. The maximum absolute atomic E-state index is 12.4. The number of ether oxygens (including phenoxy) is 1. The van der Waals surface area contributed by atoms with E-state index in [9.17, 15) is 4.79 Å². The number of methoxy groups -OCH3 is 1. The third-order valence-corrected chi connectivity index (χ3v) is 4.34. The molecule has 0 aliphatic heterocycles. The highest BCUT2D eigenvalue weighted by atomic mass is 16.5. The van der Waals surface area contributed by atoms with E-state index in [0.29, 0.717) is 5.56 Å². The minimum atomic E-state index is -0.0488.